The molecule has 0 saturated carbocycles. The summed E-state index contributed by atoms with van der Waals surface area (Å²) < 4.78 is 39.6. The summed E-state index contributed by atoms with van der Waals surface area (Å²) >= 11 is 0. The summed E-state index contributed by atoms with van der Waals surface area (Å²) in [6.07, 6.45) is -5.12. The standard InChI is InChI=1S/C11H14F3N3O3/c1-4-17-7(5-6(2)16-17)8(18)15-10(3,9(19)20)11(12,13)14/h5H,4H2,1-3H3,(H,15,18)(H,19,20). The van der Waals surface area contributed by atoms with Crippen LogP contribution in [-0.4, -0.2) is 38.5 Å². The van der Waals surface area contributed by atoms with Crippen LogP contribution in [-0.2, 0) is 11.3 Å². The van der Waals surface area contributed by atoms with Gasteiger partial charge in [0.05, 0.1) is 5.69 Å². The van der Waals surface area contributed by atoms with Crippen LogP contribution in [0.4, 0.5) is 13.2 Å². The highest BCUT2D eigenvalue weighted by molar-refractivity contribution is 5.97. The Bertz CT molecular complexity index is 539. The molecule has 0 aliphatic heterocycles. The lowest BCUT2D eigenvalue weighted by Crippen LogP contribution is -2.62. The molecule has 20 heavy (non-hydrogen) atoms. The third-order valence-electron chi connectivity index (χ3n) is 2.79. The summed E-state index contributed by atoms with van der Waals surface area (Å²) in [7, 11) is 0. The molecule has 2 N–H and O–H groups in total. The number of hydrogen-bond donors (Lipinski definition) is 2. The Morgan fingerprint density at radius 2 is 2.00 bits per heavy atom. The molecule has 1 atom stereocenters. The summed E-state index contributed by atoms with van der Waals surface area (Å²) in [5.41, 5.74) is -3.04. The molecule has 0 spiro atoms. The number of carboxylic acids is 1. The van der Waals surface area contributed by atoms with Gasteiger partial charge in [0.2, 0.25) is 5.54 Å². The maximum atomic E-state index is 12.8. The Labute approximate surface area is 112 Å². The fourth-order valence-electron chi connectivity index (χ4n) is 1.51. The molecule has 0 fully saturated rings. The average Bonchev–Trinajstić information content (AvgIpc) is 2.68. The molecule has 0 aromatic carbocycles. The Kier molecular flexibility index (Phi) is 4.11. The molecule has 1 amide bonds. The number of hydrogen-bond acceptors (Lipinski definition) is 3. The zero-order chi connectivity index (χ0) is 15.7. The van der Waals surface area contributed by atoms with Crippen molar-refractivity contribution in [3.05, 3.63) is 17.5 Å². The molecule has 0 radical (unpaired) electrons. The summed E-state index contributed by atoms with van der Waals surface area (Å²) in [5.74, 6) is -3.33. The van der Waals surface area contributed by atoms with Gasteiger partial charge in [-0.25, -0.2) is 4.79 Å². The van der Waals surface area contributed by atoms with Crippen LogP contribution in [0.3, 0.4) is 0 Å². The van der Waals surface area contributed by atoms with Gasteiger partial charge < -0.3 is 10.4 Å². The van der Waals surface area contributed by atoms with Crippen LogP contribution in [0.1, 0.15) is 30.0 Å². The van der Waals surface area contributed by atoms with Crippen molar-refractivity contribution in [2.75, 3.05) is 0 Å². The van der Waals surface area contributed by atoms with E-state index in [-0.39, 0.29) is 12.2 Å². The van der Waals surface area contributed by atoms with E-state index in [1.165, 1.54) is 16.1 Å². The van der Waals surface area contributed by atoms with Crippen molar-refractivity contribution >= 4 is 11.9 Å². The highest BCUT2D eigenvalue weighted by atomic mass is 19.4. The number of aromatic nitrogens is 2. The Balaban J connectivity index is 3.13. The first-order valence-corrected chi connectivity index (χ1v) is 5.70. The summed E-state index contributed by atoms with van der Waals surface area (Å²) in [6.45, 7) is 3.89. The van der Waals surface area contributed by atoms with E-state index in [9.17, 15) is 22.8 Å². The normalized spacial score (nSPS) is 14.7. The third kappa shape index (κ3) is 2.75. The number of nitrogens with zero attached hydrogens (tertiary/aromatic N) is 2. The highest BCUT2D eigenvalue weighted by Gasteiger charge is 2.58. The van der Waals surface area contributed by atoms with Crippen LogP contribution >= 0.6 is 0 Å². The number of carbonyl (C=O) groups excluding carboxylic acids is 1. The van der Waals surface area contributed by atoms with Crippen LogP contribution < -0.4 is 5.32 Å². The number of aliphatic carboxylic acids is 1. The molecule has 9 heteroatoms. The molecule has 0 saturated heterocycles. The maximum Gasteiger partial charge on any atom is 0.422 e. The van der Waals surface area contributed by atoms with Crippen LogP contribution in [0.15, 0.2) is 6.07 Å². The fraction of sp³-hybridized carbons (Fsp3) is 0.545. The largest absolute Gasteiger partial charge is 0.479 e. The van der Waals surface area contributed by atoms with Gasteiger partial charge in [-0.1, -0.05) is 0 Å². The number of rotatable bonds is 4. The van der Waals surface area contributed by atoms with Crippen LogP contribution in [0, 0.1) is 6.92 Å². The number of halogens is 3. The molecule has 0 aliphatic carbocycles. The molecule has 0 aliphatic rings. The molecule has 1 aromatic heterocycles. The Morgan fingerprint density at radius 3 is 2.40 bits per heavy atom. The lowest BCUT2D eigenvalue weighted by molar-refractivity contribution is -0.203. The Morgan fingerprint density at radius 1 is 1.45 bits per heavy atom. The van der Waals surface area contributed by atoms with Crippen molar-refractivity contribution in [3.63, 3.8) is 0 Å². The van der Waals surface area contributed by atoms with Gasteiger partial charge in [-0.05, 0) is 26.8 Å². The second-order valence-electron chi connectivity index (χ2n) is 4.37. The minimum atomic E-state index is -5.12. The summed E-state index contributed by atoms with van der Waals surface area (Å²) in [4.78, 5) is 22.7. The quantitative estimate of drug-likeness (QED) is 0.877. The van der Waals surface area contributed by atoms with Crippen molar-refractivity contribution in [2.24, 2.45) is 0 Å². The lowest BCUT2D eigenvalue weighted by Gasteiger charge is -2.28. The van der Waals surface area contributed by atoms with E-state index in [1.807, 2.05) is 0 Å². The molecule has 112 valence electrons. The first-order valence-electron chi connectivity index (χ1n) is 5.70. The van der Waals surface area contributed by atoms with E-state index in [2.05, 4.69) is 5.10 Å². The van der Waals surface area contributed by atoms with E-state index >= 15 is 0 Å². The summed E-state index contributed by atoms with van der Waals surface area (Å²) in [6, 6.07) is 1.29. The number of aryl methyl sites for hydroxylation is 2. The number of carboxylic acid groups (broad SMARTS) is 1. The van der Waals surface area contributed by atoms with Crippen molar-refractivity contribution in [1.29, 1.82) is 0 Å². The predicted molar refractivity (Wildman–Crippen MR) is 62.2 cm³/mol. The van der Waals surface area contributed by atoms with Gasteiger partial charge in [0.1, 0.15) is 5.69 Å². The molecule has 1 heterocycles. The molecule has 1 aromatic rings. The monoisotopic (exact) mass is 293 g/mol. The second kappa shape index (κ2) is 5.14. The number of alkyl halides is 3. The topological polar surface area (TPSA) is 84.2 Å². The van der Waals surface area contributed by atoms with Crippen molar-refractivity contribution in [3.8, 4) is 0 Å². The third-order valence-corrected chi connectivity index (χ3v) is 2.79. The van der Waals surface area contributed by atoms with Gasteiger partial charge in [-0.2, -0.15) is 18.3 Å². The lowest BCUT2D eigenvalue weighted by atomic mass is 10.0. The Hall–Kier alpha value is -2.06. The fourth-order valence-corrected chi connectivity index (χ4v) is 1.51. The van der Waals surface area contributed by atoms with Crippen molar-refractivity contribution in [1.82, 2.24) is 15.1 Å². The van der Waals surface area contributed by atoms with Gasteiger partial charge in [0.15, 0.2) is 0 Å². The molecule has 1 rings (SSSR count). The van der Waals surface area contributed by atoms with Gasteiger partial charge in [-0.3, -0.25) is 9.48 Å². The van der Waals surface area contributed by atoms with Gasteiger partial charge in [-0.15, -0.1) is 0 Å². The molecule has 6 nitrogen and oxygen atoms in total. The zero-order valence-corrected chi connectivity index (χ0v) is 11.1. The first kappa shape index (κ1) is 16.0. The molecule has 1 unspecified atom stereocenters. The second-order valence-corrected chi connectivity index (χ2v) is 4.37. The molecular formula is C11H14F3N3O3. The minimum absolute atomic E-state index is 0.123. The minimum Gasteiger partial charge on any atom is -0.479 e. The van der Waals surface area contributed by atoms with Gasteiger partial charge in [0.25, 0.3) is 5.91 Å². The number of amides is 1. The van der Waals surface area contributed by atoms with Crippen LogP contribution in [0.2, 0.25) is 0 Å². The SMILES string of the molecule is CCn1nc(C)cc1C(=O)NC(C)(C(=O)O)C(F)(F)F. The number of nitrogens with one attached hydrogen (secondary N) is 1. The smallest absolute Gasteiger partial charge is 0.422 e. The average molecular weight is 293 g/mol. The number of carbonyl (C=O) groups is 2. The van der Waals surface area contributed by atoms with Crippen molar-refractivity contribution < 1.29 is 27.9 Å². The van der Waals surface area contributed by atoms with E-state index < -0.39 is 23.6 Å². The molecular weight excluding hydrogens is 279 g/mol. The van der Waals surface area contributed by atoms with E-state index in [0.29, 0.717) is 12.6 Å². The summed E-state index contributed by atoms with van der Waals surface area (Å²) in [5, 5.41) is 14.2. The van der Waals surface area contributed by atoms with Gasteiger partial charge in [0, 0.05) is 6.54 Å². The van der Waals surface area contributed by atoms with Crippen LogP contribution in [0.5, 0.6) is 0 Å². The predicted octanol–water partition coefficient (Wildman–Crippen LogP) is 1.35. The van der Waals surface area contributed by atoms with E-state index in [1.54, 1.807) is 13.8 Å². The van der Waals surface area contributed by atoms with Crippen LogP contribution in [0.25, 0.3) is 0 Å². The first-order chi connectivity index (χ1) is 9.02. The highest BCUT2D eigenvalue weighted by Crippen LogP contribution is 2.30. The zero-order valence-electron chi connectivity index (χ0n) is 11.1. The van der Waals surface area contributed by atoms with E-state index in [0.717, 1.165) is 0 Å². The maximum absolute atomic E-state index is 12.8. The van der Waals surface area contributed by atoms with Crippen molar-refractivity contribution in [2.45, 2.75) is 39.0 Å². The molecule has 0 bridgehead atoms. The van der Waals surface area contributed by atoms with E-state index in [4.69, 9.17) is 5.11 Å². The van der Waals surface area contributed by atoms with Gasteiger partial charge >= 0.3 is 12.1 Å².